The van der Waals surface area contributed by atoms with Gasteiger partial charge in [-0.15, -0.1) is 11.8 Å². The SMILES string of the molecule is CSc1ccc(-n2nc(C)nc2-c2ccc(F)cc2)cc1. The van der Waals surface area contributed by atoms with E-state index in [-0.39, 0.29) is 5.82 Å². The van der Waals surface area contributed by atoms with Crippen LogP contribution in [0, 0.1) is 12.7 Å². The number of aryl methyl sites for hydroxylation is 1. The first-order chi connectivity index (χ1) is 10.2. The van der Waals surface area contributed by atoms with Gasteiger partial charge in [0.2, 0.25) is 0 Å². The van der Waals surface area contributed by atoms with Gasteiger partial charge in [0.15, 0.2) is 5.82 Å². The molecular weight excluding hydrogens is 285 g/mol. The number of hydrogen-bond acceptors (Lipinski definition) is 3. The van der Waals surface area contributed by atoms with E-state index in [0.717, 1.165) is 11.3 Å². The molecule has 5 heteroatoms. The molecular formula is C16H14FN3S. The first kappa shape index (κ1) is 13.8. The number of benzene rings is 2. The van der Waals surface area contributed by atoms with Crippen LogP contribution >= 0.6 is 11.8 Å². The predicted octanol–water partition coefficient (Wildman–Crippen LogP) is 4.10. The van der Waals surface area contributed by atoms with Crippen LogP contribution in [0.5, 0.6) is 0 Å². The fourth-order valence-corrected chi connectivity index (χ4v) is 2.51. The van der Waals surface area contributed by atoms with Gasteiger partial charge in [-0.25, -0.2) is 14.1 Å². The highest BCUT2D eigenvalue weighted by atomic mass is 32.2. The summed E-state index contributed by atoms with van der Waals surface area (Å²) in [6, 6.07) is 14.4. The summed E-state index contributed by atoms with van der Waals surface area (Å²) in [6.45, 7) is 1.85. The van der Waals surface area contributed by atoms with Gasteiger partial charge in [0.25, 0.3) is 0 Å². The maximum absolute atomic E-state index is 13.1. The second-order valence-electron chi connectivity index (χ2n) is 4.60. The second-order valence-corrected chi connectivity index (χ2v) is 5.48. The van der Waals surface area contributed by atoms with Crippen LogP contribution in [0.3, 0.4) is 0 Å². The summed E-state index contributed by atoms with van der Waals surface area (Å²) in [5.74, 6) is 1.14. The molecule has 3 nitrogen and oxygen atoms in total. The Labute approximate surface area is 126 Å². The van der Waals surface area contributed by atoms with Crippen LogP contribution in [0.25, 0.3) is 17.1 Å². The number of rotatable bonds is 3. The molecule has 3 rings (SSSR count). The zero-order valence-corrected chi connectivity index (χ0v) is 12.6. The Morgan fingerprint density at radius 1 is 1.00 bits per heavy atom. The van der Waals surface area contributed by atoms with Crippen molar-refractivity contribution in [3.8, 4) is 17.1 Å². The first-order valence-corrected chi connectivity index (χ1v) is 7.74. The Bertz CT molecular complexity index is 748. The van der Waals surface area contributed by atoms with Gasteiger partial charge in [-0.1, -0.05) is 0 Å². The molecule has 0 saturated carbocycles. The summed E-state index contributed by atoms with van der Waals surface area (Å²) < 4.78 is 14.9. The molecule has 0 saturated heterocycles. The minimum Gasteiger partial charge on any atom is -0.213 e. The van der Waals surface area contributed by atoms with Gasteiger partial charge < -0.3 is 0 Å². The van der Waals surface area contributed by atoms with Crippen molar-refractivity contribution in [3.05, 3.63) is 60.2 Å². The molecule has 0 N–H and O–H groups in total. The molecule has 1 heterocycles. The van der Waals surface area contributed by atoms with E-state index in [2.05, 4.69) is 10.1 Å². The number of nitrogens with zero attached hydrogens (tertiary/aromatic N) is 3. The molecule has 0 spiro atoms. The lowest BCUT2D eigenvalue weighted by Crippen LogP contribution is -1.99. The molecule has 0 radical (unpaired) electrons. The van der Waals surface area contributed by atoms with Crippen molar-refractivity contribution >= 4 is 11.8 Å². The van der Waals surface area contributed by atoms with Crippen molar-refractivity contribution < 1.29 is 4.39 Å². The van der Waals surface area contributed by atoms with Crippen LogP contribution in [0.1, 0.15) is 5.82 Å². The molecule has 2 aromatic carbocycles. The topological polar surface area (TPSA) is 30.7 Å². The fraction of sp³-hybridized carbons (Fsp3) is 0.125. The monoisotopic (exact) mass is 299 g/mol. The largest absolute Gasteiger partial charge is 0.213 e. The molecule has 3 aromatic rings. The van der Waals surface area contributed by atoms with Gasteiger partial charge in [0, 0.05) is 10.5 Å². The van der Waals surface area contributed by atoms with Crippen molar-refractivity contribution in [2.75, 3.05) is 6.26 Å². The lowest BCUT2D eigenvalue weighted by Gasteiger charge is -2.06. The Morgan fingerprint density at radius 3 is 2.29 bits per heavy atom. The molecule has 0 aliphatic heterocycles. The minimum atomic E-state index is -0.258. The Hall–Kier alpha value is -2.14. The van der Waals surface area contributed by atoms with E-state index in [1.165, 1.54) is 17.0 Å². The standard InChI is InChI=1S/C16H14FN3S/c1-11-18-16(12-3-5-13(17)6-4-12)20(19-11)14-7-9-15(21-2)10-8-14/h3-10H,1-2H3. The summed E-state index contributed by atoms with van der Waals surface area (Å²) in [7, 11) is 0. The molecule has 0 atom stereocenters. The minimum absolute atomic E-state index is 0.258. The van der Waals surface area contributed by atoms with Crippen LogP contribution in [0.2, 0.25) is 0 Å². The van der Waals surface area contributed by atoms with Crippen molar-refractivity contribution in [2.24, 2.45) is 0 Å². The van der Waals surface area contributed by atoms with Crippen LogP contribution < -0.4 is 0 Å². The van der Waals surface area contributed by atoms with Gasteiger partial charge in [-0.05, 0) is 61.7 Å². The summed E-state index contributed by atoms with van der Waals surface area (Å²) in [6.07, 6.45) is 2.04. The van der Waals surface area contributed by atoms with Crippen LogP contribution in [0.15, 0.2) is 53.4 Å². The smallest absolute Gasteiger partial charge is 0.163 e. The third kappa shape index (κ3) is 2.83. The van der Waals surface area contributed by atoms with E-state index in [4.69, 9.17) is 0 Å². The average molecular weight is 299 g/mol. The number of halogens is 1. The number of thioether (sulfide) groups is 1. The number of hydrogen-bond donors (Lipinski definition) is 0. The maximum atomic E-state index is 13.1. The Kier molecular flexibility index (Phi) is 3.75. The van der Waals surface area contributed by atoms with E-state index < -0.39 is 0 Å². The summed E-state index contributed by atoms with van der Waals surface area (Å²) >= 11 is 1.69. The third-order valence-electron chi connectivity index (χ3n) is 3.13. The highest BCUT2D eigenvalue weighted by Crippen LogP contribution is 2.23. The molecule has 0 aliphatic carbocycles. The van der Waals surface area contributed by atoms with Crippen molar-refractivity contribution in [2.45, 2.75) is 11.8 Å². The van der Waals surface area contributed by atoms with Crippen LogP contribution in [0.4, 0.5) is 4.39 Å². The van der Waals surface area contributed by atoms with Gasteiger partial charge >= 0.3 is 0 Å². The molecule has 0 fully saturated rings. The van der Waals surface area contributed by atoms with Crippen LogP contribution in [-0.4, -0.2) is 21.0 Å². The Balaban J connectivity index is 2.08. The molecule has 0 aliphatic rings. The molecule has 106 valence electrons. The van der Waals surface area contributed by atoms with Gasteiger partial charge in [0.1, 0.15) is 11.6 Å². The highest BCUT2D eigenvalue weighted by molar-refractivity contribution is 7.98. The molecule has 0 amide bonds. The zero-order valence-electron chi connectivity index (χ0n) is 11.7. The quantitative estimate of drug-likeness (QED) is 0.682. The molecule has 1 aromatic heterocycles. The predicted molar refractivity (Wildman–Crippen MR) is 83.3 cm³/mol. The lowest BCUT2D eigenvalue weighted by atomic mass is 10.2. The summed E-state index contributed by atoms with van der Waals surface area (Å²) in [5, 5.41) is 4.44. The lowest BCUT2D eigenvalue weighted by molar-refractivity contribution is 0.628. The number of aromatic nitrogens is 3. The molecule has 0 unspecified atom stereocenters. The average Bonchev–Trinajstić information content (AvgIpc) is 2.90. The maximum Gasteiger partial charge on any atom is 0.163 e. The second kappa shape index (κ2) is 5.69. The normalized spacial score (nSPS) is 10.8. The van der Waals surface area contributed by atoms with E-state index in [0.29, 0.717) is 11.6 Å². The zero-order chi connectivity index (χ0) is 14.8. The summed E-state index contributed by atoms with van der Waals surface area (Å²) in [5.41, 5.74) is 1.78. The fourth-order valence-electron chi connectivity index (χ4n) is 2.10. The van der Waals surface area contributed by atoms with Crippen molar-refractivity contribution in [1.82, 2.24) is 14.8 Å². The van der Waals surface area contributed by atoms with E-state index >= 15 is 0 Å². The van der Waals surface area contributed by atoms with E-state index in [1.54, 1.807) is 28.6 Å². The molecule has 21 heavy (non-hydrogen) atoms. The molecule has 0 bridgehead atoms. The van der Waals surface area contributed by atoms with Crippen LogP contribution in [-0.2, 0) is 0 Å². The van der Waals surface area contributed by atoms with Crippen molar-refractivity contribution in [3.63, 3.8) is 0 Å². The van der Waals surface area contributed by atoms with Gasteiger partial charge in [0.05, 0.1) is 5.69 Å². The highest BCUT2D eigenvalue weighted by Gasteiger charge is 2.11. The van der Waals surface area contributed by atoms with E-state index in [1.807, 2.05) is 37.4 Å². The third-order valence-corrected chi connectivity index (χ3v) is 3.88. The van der Waals surface area contributed by atoms with Crippen molar-refractivity contribution in [1.29, 1.82) is 0 Å². The first-order valence-electron chi connectivity index (χ1n) is 6.51. The van der Waals surface area contributed by atoms with Gasteiger partial charge in [-0.3, -0.25) is 0 Å². The van der Waals surface area contributed by atoms with Gasteiger partial charge in [-0.2, -0.15) is 5.10 Å². The van der Waals surface area contributed by atoms with E-state index in [9.17, 15) is 4.39 Å². The summed E-state index contributed by atoms with van der Waals surface area (Å²) in [4.78, 5) is 5.65. The Morgan fingerprint density at radius 2 is 1.67 bits per heavy atom.